The van der Waals surface area contributed by atoms with E-state index in [2.05, 4.69) is 32.4 Å². The maximum Gasteiger partial charge on any atom is 0.407 e. The van der Waals surface area contributed by atoms with Gasteiger partial charge in [-0.15, -0.1) is 35.3 Å². The third kappa shape index (κ3) is 7.81. The third-order valence-corrected chi connectivity index (χ3v) is 5.19. The predicted molar refractivity (Wildman–Crippen MR) is 121 cm³/mol. The van der Waals surface area contributed by atoms with Gasteiger partial charge < -0.3 is 20.3 Å². The lowest BCUT2D eigenvalue weighted by molar-refractivity contribution is 0.0507. The van der Waals surface area contributed by atoms with Crippen LogP contribution in [0.4, 0.5) is 4.79 Å². The van der Waals surface area contributed by atoms with Gasteiger partial charge in [0.15, 0.2) is 5.96 Å². The van der Waals surface area contributed by atoms with Crippen molar-refractivity contribution in [3.63, 3.8) is 0 Å². The highest BCUT2D eigenvalue weighted by Gasteiger charge is 2.27. The Kier molecular flexibility index (Phi) is 9.26. The second-order valence-corrected chi connectivity index (χ2v) is 8.83. The first kappa shape index (κ1) is 23.9. The van der Waals surface area contributed by atoms with Crippen LogP contribution in [0.3, 0.4) is 0 Å². The Labute approximate surface area is 183 Å². The lowest BCUT2D eigenvalue weighted by Crippen LogP contribution is -2.44. The summed E-state index contributed by atoms with van der Waals surface area (Å²) in [7, 11) is 1.79. The Morgan fingerprint density at radius 2 is 2.11 bits per heavy atom. The Morgan fingerprint density at radius 3 is 2.67 bits per heavy atom. The molecule has 1 fully saturated rings. The molecule has 27 heavy (non-hydrogen) atoms. The van der Waals surface area contributed by atoms with Crippen molar-refractivity contribution in [2.24, 2.45) is 4.99 Å². The maximum atomic E-state index is 11.9. The van der Waals surface area contributed by atoms with Crippen molar-refractivity contribution in [1.29, 1.82) is 0 Å². The maximum absolute atomic E-state index is 11.9. The summed E-state index contributed by atoms with van der Waals surface area (Å²) in [6.07, 6.45) is 1.46. The van der Waals surface area contributed by atoms with Gasteiger partial charge in [-0.3, -0.25) is 4.99 Å². The normalized spacial score (nSPS) is 17.5. The molecule has 1 atom stereocenters. The second-order valence-electron chi connectivity index (χ2n) is 7.54. The Bertz CT molecular complexity index is 657. The van der Waals surface area contributed by atoms with E-state index < -0.39 is 5.60 Å². The number of amides is 1. The number of carbonyl (C=O) groups is 1. The fourth-order valence-electron chi connectivity index (χ4n) is 2.97. The van der Waals surface area contributed by atoms with Crippen LogP contribution in [0.25, 0.3) is 0 Å². The van der Waals surface area contributed by atoms with Crippen molar-refractivity contribution in [2.75, 3.05) is 26.7 Å². The zero-order valence-corrected chi connectivity index (χ0v) is 20.2. The van der Waals surface area contributed by atoms with Gasteiger partial charge >= 0.3 is 6.09 Å². The van der Waals surface area contributed by atoms with Gasteiger partial charge in [-0.25, -0.2) is 9.78 Å². The minimum absolute atomic E-state index is 0. The molecule has 1 aromatic rings. The van der Waals surface area contributed by atoms with Crippen molar-refractivity contribution in [3.8, 4) is 0 Å². The molecule has 0 bridgehead atoms. The van der Waals surface area contributed by atoms with Gasteiger partial charge in [-0.2, -0.15) is 0 Å². The number of aliphatic imine (C=N–C) groups is 1. The van der Waals surface area contributed by atoms with Crippen LogP contribution in [0.15, 0.2) is 4.99 Å². The van der Waals surface area contributed by atoms with Crippen molar-refractivity contribution < 1.29 is 9.53 Å². The molecule has 0 saturated carbocycles. The fraction of sp³-hybridized carbons (Fsp3) is 0.722. The number of thiazole rings is 1. The highest BCUT2D eigenvalue weighted by atomic mass is 127. The third-order valence-electron chi connectivity index (χ3n) is 4.06. The van der Waals surface area contributed by atoms with Crippen LogP contribution in [-0.4, -0.2) is 60.3 Å². The van der Waals surface area contributed by atoms with Crippen molar-refractivity contribution >= 4 is 47.4 Å². The van der Waals surface area contributed by atoms with E-state index in [4.69, 9.17) is 4.74 Å². The van der Waals surface area contributed by atoms with E-state index in [0.29, 0.717) is 0 Å². The zero-order valence-electron chi connectivity index (χ0n) is 17.1. The minimum Gasteiger partial charge on any atom is -0.444 e. The number of hydrogen-bond acceptors (Lipinski definition) is 5. The van der Waals surface area contributed by atoms with Crippen LogP contribution in [0, 0.1) is 13.8 Å². The first-order valence-corrected chi connectivity index (χ1v) is 9.87. The largest absolute Gasteiger partial charge is 0.444 e. The molecule has 0 aromatic carbocycles. The van der Waals surface area contributed by atoms with E-state index >= 15 is 0 Å². The van der Waals surface area contributed by atoms with Gasteiger partial charge in [-0.1, -0.05) is 0 Å². The summed E-state index contributed by atoms with van der Waals surface area (Å²) in [5.41, 5.74) is 0.639. The van der Waals surface area contributed by atoms with E-state index in [1.807, 2.05) is 27.7 Å². The van der Waals surface area contributed by atoms with Crippen LogP contribution in [0.5, 0.6) is 0 Å². The topological polar surface area (TPSA) is 78.9 Å². The molecular formula is C18H32IN5O2S. The minimum atomic E-state index is -0.479. The molecule has 0 spiro atoms. The number of hydrogen-bond donors (Lipinski definition) is 2. The number of carbonyl (C=O) groups excluding carboxylic acids is 1. The van der Waals surface area contributed by atoms with Crippen LogP contribution in [0.2, 0.25) is 0 Å². The van der Waals surface area contributed by atoms with E-state index in [1.165, 1.54) is 4.88 Å². The van der Waals surface area contributed by atoms with E-state index in [0.717, 1.165) is 49.1 Å². The molecule has 7 nitrogen and oxygen atoms in total. The Morgan fingerprint density at radius 1 is 1.41 bits per heavy atom. The number of nitrogens with one attached hydrogen (secondary N) is 2. The number of aryl methyl sites for hydroxylation is 2. The van der Waals surface area contributed by atoms with Crippen molar-refractivity contribution in [1.82, 2.24) is 20.5 Å². The fourth-order valence-corrected chi connectivity index (χ4v) is 3.91. The number of aromatic nitrogens is 1. The summed E-state index contributed by atoms with van der Waals surface area (Å²) < 4.78 is 5.33. The summed E-state index contributed by atoms with van der Waals surface area (Å²) in [4.78, 5) is 24.3. The number of rotatable bonds is 4. The second kappa shape index (κ2) is 10.4. The van der Waals surface area contributed by atoms with E-state index in [-0.39, 0.29) is 36.1 Å². The molecule has 0 radical (unpaired) electrons. The standard InChI is InChI=1S/C18H31N5O2S.HI/c1-12-15(26-13(2)21-12)7-9-20-16(19-6)23-10-8-14(11-23)22-17(24)25-18(3,4)5;/h14H,7-11H2,1-6H3,(H,19,20)(H,22,24);1H. The lowest BCUT2D eigenvalue weighted by Gasteiger charge is -2.23. The Balaban J connectivity index is 0.00000364. The van der Waals surface area contributed by atoms with E-state index in [9.17, 15) is 4.79 Å². The molecule has 1 amide bonds. The SMILES string of the molecule is CN=C(NCCc1sc(C)nc1C)N1CCC(NC(=O)OC(C)(C)C)C1.I. The highest BCUT2D eigenvalue weighted by molar-refractivity contribution is 14.0. The number of likely N-dealkylation sites (tertiary alicyclic amines) is 1. The van der Waals surface area contributed by atoms with Crippen molar-refractivity contribution in [3.05, 3.63) is 15.6 Å². The molecular weight excluding hydrogens is 477 g/mol. The van der Waals surface area contributed by atoms with Gasteiger partial charge in [0.1, 0.15) is 5.60 Å². The van der Waals surface area contributed by atoms with Crippen LogP contribution < -0.4 is 10.6 Å². The van der Waals surface area contributed by atoms with Crippen LogP contribution in [0.1, 0.15) is 42.8 Å². The molecule has 2 heterocycles. The number of nitrogens with zero attached hydrogens (tertiary/aromatic N) is 3. The molecule has 2 rings (SSSR count). The number of alkyl carbamates (subject to hydrolysis) is 1. The van der Waals surface area contributed by atoms with Gasteiger partial charge in [-0.05, 0) is 41.0 Å². The number of halogens is 1. The number of guanidine groups is 1. The molecule has 9 heteroatoms. The van der Waals surface area contributed by atoms with Gasteiger partial charge in [0.05, 0.1) is 16.7 Å². The molecule has 0 aliphatic carbocycles. The van der Waals surface area contributed by atoms with Crippen LogP contribution >= 0.6 is 35.3 Å². The summed E-state index contributed by atoms with van der Waals surface area (Å²) in [6.45, 7) is 12.1. The smallest absolute Gasteiger partial charge is 0.407 e. The summed E-state index contributed by atoms with van der Waals surface area (Å²) in [5.74, 6) is 0.873. The first-order chi connectivity index (χ1) is 12.2. The summed E-state index contributed by atoms with van der Waals surface area (Å²) in [5, 5.41) is 7.47. The molecule has 2 N–H and O–H groups in total. The van der Waals surface area contributed by atoms with Gasteiger partial charge in [0.2, 0.25) is 0 Å². The monoisotopic (exact) mass is 509 g/mol. The first-order valence-electron chi connectivity index (χ1n) is 9.06. The molecule has 1 aliphatic rings. The summed E-state index contributed by atoms with van der Waals surface area (Å²) in [6, 6.07) is 0.0785. The molecule has 154 valence electrons. The molecule has 1 aromatic heterocycles. The molecule has 1 aliphatic heterocycles. The quantitative estimate of drug-likeness (QED) is 0.371. The lowest BCUT2D eigenvalue weighted by atomic mass is 10.2. The average molecular weight is 509 g/mol. The number of ether oxygens (including phenoxy) is 1. The molecule has 1 saturated heterocycles. The summed E-state index contributed by atoms with van der Waals surface area (Å²) >= 11 is 1.75. The van der Waals surface area contributed by atoms with E-state index in [1.54, 1.807) is 18.4 Å². The Hall–Kier alpha value is -1.10. The molecule has 1 unspecified atom stereocenters. The van der Waals surface area contributed by atoms with Gasteiger partial charge in [0, 0.05) is 38.0 Å². The van der Waals surface area contributed by atoms with Gasteiger partial charge in [0.25, 0.3) is 0 Å². The highest BCUT2D eigenvalue weighted by Crippen LogP contribution is 2.17. The van der Waals surface area contributed by atoms with Crippen molar-refractivity contribution in [2.45, 2.75) is 59.1 Å². The average Bonchev–Trinajstić information content (AvgIpc) is 3.08. The predicted octanol–water partition coefficient (Wildman–Crippen LogP) is 3.09. The zero-order chi connectivity index (χ0) is 19.3. The van der Waals surface area contributed by atoms with Crippen LogP contribution in [-0.2, 0) is 11.2 Å².